The van der Waals surface area contributed by atoms with Crippen LogP contribution in [0.25, 0.3) is 0 Å². The van der Waals surface area contributed by atoms with Crippen LogP contribution in [-0.4, -0.2) is 25.2 Å². The molecular formula is C8H8N2O4. The lowest BCUT2D eigenvalue weighted by Gasteiger charge is -2.02. The van der Waals surface area contributed by atoms with E-state index in [9.17, 15) is 9.59 Å². The summed E-state index contributed by atoms with van der Waals surface area (Å²) < 4.78 is 8.98. The molecule has 6 nitrogen and oxygen atoms in total. The number of hydrogen-bond acceptors (Lipinski definition) is 6. The summed E-state index contributed by atoms with van der Waals surface area (Å²) in [5.74, 6) is -1.33. The number of carbonyl (C=O) groups is 2. The van der Waals surface area contributed by atoms with Gasteiger partial charge in [0.05, 0.1) is 12.1 Å². The molecule has 0 bridgehead atoms. The maximum Gasteiger partial charge on any atom is 0.320 e. The molecule has 0 fully saturated rings. The Morgan fingerprint density at radius 1 is 0.929 bits per heavy atom. The van der Waals surface area contributed by atoms with Crippen LogP contribution in [-0.2, 0) is 19.1 Å². The van der Waals surface area contributed by atoms with Gasteiger partial charge in [0, 0.05) is 0 Å². The molecule has 0 unspecified atom stereocenters. The van der Waals surface area contributed by atoms with Crippen molar-refractivity contribution < 1.29 is 19.1 Å². The van der Waals surface area contributed by atoms with Crippen LogP contribution in [0, 0.1) is 22.7 Å². The molecule has 0 aliphatic carbocycles. The molecule has 0 aromatic heterocycles. The van der Waals surface area contributed by atoms with Crippen LogP contribution in [0.1, 0.15) is 12.8 Å². The minimum atomic E-state index is -0.663. The van der Waals surface area contributed by atoms with Crippen molar-refractivity contribution >= 4 is 11.9 Å². The molecule has 0 radical (unpaired) electrons. The van der Waals surface area contributed by atoms with Gasteiger partial charge in [-0.15, -0.1) is 0 Å². The number of esters is 2. The van der Waals surface area contributed by atoms with E-state index in [4.69, 9.17) is 10.5 Å². The van der Waals surface area contributed by atoms with Gasteiger partial charge in [-0.1, -0.05) is 0 Å². The van der Waals surface area contributed by atoms with Gasteiger partial charge in [-0.2, -0.15) is 10.5 Å². The van der Waals surface area contributed by atoms with E-state index in [0.29, 0.717) is 0 Å². The molecule has 0 saturated heterocycles. The molecule has 0 aromatic carbocycles. The van der Waals surface area contributed by atoms with Gasteiger partial charge in [-0.3, -0.25) is 9.59 Å². The second-order valence-corrected chi connectivity index (χ2v) is 2.11. The van der Waals surface area contributed by atoms with Crippen molar-refractivity contribution in [2.75, 3.05) is 13.2 Å². The monoisotopic (exact) mass is 196 g/mol. The Kier molecular flexibility index (Phi) is 6.44. The molecule has 0 rings (SSSR count). The first-order valence-electron chi connectivity index (χ1n) is 3.76. The smallest absolute Gasteiger partial charge is 0.320 e. The lowest BCUT2D eigenvalue weighted by molar-refractivity contribution is -0.151. The van der Waals surface area contributed by atoms with Crippen molar-refractivity contribution in [2.45, 2.75) is 12.8 Å². The van der Waals surface area contributed by atoms with E-state index in [1.54, 1.807) is 12.1 Å². The van der Waals surface area contributed by atoms with Crippen LogP contribution in [0.15, 0.2) is 0 Å². The van der Waals surface area contributed by atoms with E-state index in [0.717, 1.165) is 0 Å². The number of rotatable bonds is 5. The van der Waals surface area contributed by atoms with Gasteiger partial charge in [0.15, 0.2) is 0 Å². The van der Waals surface area contributed by atoms with Crippen LogP contribution in [0.4, 0.5) is 0 Å². The normalized spacial score (nSPS) is 8.14. The summed E-state index contributed by atoms with van der Waals surface area (Å²) in [6, 6.07) is 3.22. The Balaban J connectivity index is 3.39. The van der Waals surface area contributed by atoms with E-state index in [2.05, 4.69) is 9.47 Å². The Morgan fingerprint density at radius 3 is 1.57 bits per heavy atom. The molecule has 0 aliphatic rings. The van der Waals surface area contributed by atoms with Gasteiger partial charge >= 0.3 is 11.9 Å². The number of nitrogens with zero attached hydrogens (tertiary/aromatic N) is 2. The lowest BCUT2D eigenvalue weighted by Crippen LogP contribution is -2.12. The minimum Gasteiger partial charge on any atom is -0.461 e. The maximum atomic E-state index is 10.6. The van der Waals surface area contributed by atoms with Crippen LogP contribution >= 0.6 is 0 Å². The summed E-state index contributed by atoms with van der Waals surface area (Å²) in [7, 11) is 0. The van der Waals surface area contributed by atoms with Gasteiger partial charge in [-0.25, -0.2) is 0 Å². The summed E-state index contributed by atoms with van der Waals surface area (Å²) in [5, 5.41) is 16.2. The van der Waals surface area contributed by atoms with E-state index in [1.165, 1.54) is 0 Å². The van der Waals surface area contributed by atoms with Crippen LogP contribution in [0.2, 0.25) is 0 Å². The van der Waals surface area contributed by atoms with Crippen LogP contribution in [0.5, 0.6) is 0 Å². The summed E-state index contributed by atoms with van der Waals surface area (Å²) in [6.07, 6.45) is -0.654. The standard InChI is InChI=1S/C8H8N2O4/c9-3-1-7(11)13-5-6-14-8(12)2-4-10/h1-2,5-6H2. The zero-order chi connectivity index (χ0) is 10.8. The first-order chi connectivity index (χ1) is 6.70. The molecule has 0 aromatic rings. The van der Waals surface area contributed by atoms with E-state index in [-0.39, 0.29) is 26.1 Å². The van der Waals surface area contributed by atoms with E-state index >= 15 is 0 Å². The molecule has 0 saturated carbocycles. The zero-order valence-electron chi connectivity index (χ0n) is 7.36. The third-order valence-electron chi connectivity index (χ3n) is 1.06. The molecule has 0 N–H and O–H groups in total. The van der Waals surface area contributed by atoms with Crippen molar-refractivity contribution in [1.29, 1.82) is 10.5 Å². The number of carbonyl (C=O) groups excluding carboxylic acids is 2. The topological polar surface area (TPSA) is 100 Å². The highest BCUT2D eigenvalue weighted by Crippen LogP contribution is 1.87. The van der Waals surface area contributed by atoms with Crippen molar-refractivity contribution in [2.24, 2.45) is 0 Å². The fourth-order valence-electron chi connectivity index (χ4n) is 0.542. The summed E-state index contributed by atoms with van der Waals surface area (Å²) >= 11 is 0. The summed E-state index contributed by atoms with van der Waals surface area (Å²) in [4.78, 5) is 21.2. The molecule has 0 heterocycles. The average Bonchev–Trinajstić information content (AvgIpc) is 2.13. The van der Waals surface area contributed by atoms with Crippen molar-refractivity contribution in [3.05, 3.63) is 0 Å². The highest BCUT2D eigenvalue weighted by Gasteiger charge is 2.03. The van der Waals surface area contributed by atoms with Gasteiger partial charge in [0.25, 0.3) is 0 Å². The van der Waals surface area contributed by atoms with Crippen molar-refractivity contribution in [1.82, 2.24) is 0 Å². The van der Waals surface area contributed by atoms with Gasteiger partial charge in [0.1, 0.15) is 26.1 Å². The highest BCUT2D eigenvalue weighted by atomic mass is 16.6. The molecule has 14 heavy (non-hydrogen) atoms. The Labute approximate surface area is 80.6 Å². The predicted molar refractivity (Wildman–Crippen MR) is 42.4 cm³/mol. The molecule has 0 atom stereocenters. The Hall–Kier alpha value is -2.08. The fraction of sp³-hybridized carbons (Fsp3) is 0.500. The second-order valence-electron chi connectivity index (χ2n) is 2.11. The Bertz CT molecular complexity index is 257. The summed E-state index contributed by atoms with van der Waals surface area (Å²) in [6.45, 7) is -0.199. The van der Waals surface area contributed by atoms with Gasteiger partial charge in [0.2, 0.25) is 0 Å². The average molecular weight is 196 g/mol. The molecule has 74 valence electrons. The van der Waals surface area contributed by atoms with Crippen molar-refractivity contribution in [3.8, 4) is 12.1 Å². The van der Waals surface area contributed by atoms with Crippen LogP contribution in [0.3, 0.4) is 0 Å². The Morgan fingerprint density at radius 2 is 1.29 bits per heavy atom. The third kappa shape index (κ3) is 6.62. The first kappa shape index (κ1) is 11.9. The highest BCUT2D eigenvalue weighted by molar-refractivity contribution is 5.72. The van der Waals surface area contributed by atoms with Gasteiger partial charge in [-0.05, 0) is 0 Å². The molecule has 0 amide bonds. The van der Waals surface area contributed by atoms with Crippen molar-refractivity contribution in [3.63, 3.8) is 0 Å². The summed E-state index contributed by atoms with van der Waals surface area (Å²) in [5.41, 5.74) is 0. The zero-order valence-corrected chi connectivity index (χ0v) is 7.36. The van der Waals surface area contributed by atoms with Crippen LogP contribution < -0.4 is 0 Å². The number of ether oxygens (including phenoxy) is 2. The first-order valence-corrected chi connectivity index (χ1v) is 3.76. The number of nitriles is 2. The quantitative estimate of drug-likeness (QED) is 0.449. The molecular weight excluding hydrogens is 188 g/mol. The van der Waals surface area contributed by atoms with E-state index < -0.39 is 11.9 Å². The maximum absolute atomic E-state index is 10.6. The van der Waals surface area contributed by atoms with E-state index in [1.807, 2.05) is 0 Å². The molecule has 6 heteroatoms. The second kappa shape index (κ2) is 7.56. The third-order valence-corrected chi connectivity index (χ3v) is 1.06. The molecule has 0 aliphatic heterocycles. The predicted octanol–water partition coefficient (Wildman–Crippen LogP) is -0.0998. The minimum absolute atomic E-state index is 0.0995. The molecule has 0 spiro atoms. The SMILES string of the molecule is N#CCC(=O)OCCOC(=O)CC#N. The van der Waals surface area contributed by atoms with Gasteiger partial charge < -0.3 is 9.47 Å². The fourth-order valence-corrected chi connectivity index (χ4v) is 0.542. The largest absolute Gasteiger partial charge is 0.461 e. The lowest BCUT2D eigenvalue weighted by atomic mass is 10.5. The number of hydrogen-bond donors (Lipinski definition) is 0.